The number of anilines is 1. The maximum absolute atomic E-state index is 11.6. The third kappa shape index (κ3) is 3.02. The van der Waals surface area contributed by atoms with E-state index in [0.29, 0.717) is 0 Å². The summed E-state index contributed by atoms with van der Waals surface area (Å²) in [6.45, 7) is 3.93. The summed E-state index contributed by atoms with van der Waals surface area (Å²) in [7, 11) is 0. The average Bonchev–Trinajstić information content (AvgIpc) is 2.41. The van der Waals surface area contributed by atoms with E-state index >= 15 is 0 Å². The summed E-state index contributed by atoms with van der Waals surface area (Å²) in [5.74, 6) is -0.894. The molecule has 0 aliphatic rings. The van der Waals surface area contributed by atoms with Crippen molar-refractivity contribution in [1.29, 1.82) is 0 Å². The van der Waals surface area contributed by atoms with Crippen LogP contribution >= 0.6 is 15.9 Å². The minimum Gasteiger partial charge on any atom is -0.479 e. The normalized spacial score (nSPS) is 11.9. The number of carboxylic acid groups (broad SMARTS) is 1. The third-order valence-electron chi connectivity index (χ3n) is 3.38. The quantitative estimate of drug-likeness (QED) is 0.876. The molecule has 1 unspecified atom stereocenters. The number of aliphatic carboxylic acids is 1. The van der Waals surface area contributed by atoms with Crippen molar-refractivity contribution in [1.82, 2.24) is 0 Å². The van der Waals surface area contributed by atoms with Crippen molar-refractivity contribution in [3.8, 4) is 0 Å². The Bertz CT molecular complexity index is 640. The minimum absolute atomic E-state index is 0.765. The van der Waals surface area contributed by atoms with Gasteiger partial charge in [-0.15, -0.1) is 0 Å². The average molecular weight is 334 g/mol. The molecule has 1 atom stereocenters. The Hall–Kier alpha value is -1.81. The van der Waals surface area contributed by atoms with Gasteiger partial charge in [0.1, 0.15) is 0 Å². The summed E-state index contributed by atoms with van der Waals surface area (Å²) in [5, 5.41) is 12.6. The van der Waals surface area contributed by atoms with E-state index in [9.17, 15) is 9.90 Å². The Balaban J connectivity index is 2.40. The van der Waals surface area contributed by atoms with Gasteiger partial charge in [0.15, 0.2) is 6.04 Å². The van der Waals surface area contributed by atoms with Crippen molar-refractivity contribution in [3.63, 3.8) is 0 Å². The number of halogens is 1. The Morgan fingerprint density at radius 1 is 1.15 bits per heavy atom. The highest BCUT2D eigenvalue weighted by molar-refractivity contribution is 9.10. The van der Waals surface area contributed by atoms with Crippen LogP contribution < -0.4 is 5.32 Å². The number of aryl methyl sites for hydroxylation is 1. The van der Waals surface area contributed by atoms with Gasteiger partial charge in [0.25, 0.3) is 0 Å². The molecule has 4 heteroatoms. The maximum atomic E-state index is 11.6. The van der Waals surface area contributed by atoms with Gasteiger partial charge in [0.2, 0.25) is 0 Å². The molecule has 104 valence electrons. The van der Waals surface area contributed by atoms with Gasteiger partial charge in [-0.1, -0.05) is 30.3 Å². The fourth-order valence-electron chi connectivity index (χ4n) is 2.09. The lowest BCUT2D eigenvalue weighted by Crippen LogP contribution is -2.21. The number of hydrogen-bond donors (Lipinski definition) is 2. The van der Waals surface area contributed by atoms with Gasteiger partial charge in [-0.25, -0.2) is 4.79 Å². The predicted molar refractivity (Wildman–Crippen MR) is 84.1 cm³/mol. The van der Waals surface area contributed by atoms with Crippen LogP contribution in [0.2, 0.25) is 0 Å². The molecule has 0 aromatic heterocycles. The van der Waals surface area contributed by atoms with Crippen LogP contribution in [-0.2, 0) is 4.79 Å². The van der Waals surface area contributed by atoms with Crippen LogP contribution in [0.3, 0.4) is 0 Å². The zero-order chi connectivity index (χ0) is 14.7. The summed E-state index contributed by atoms with van der Waals surface area (Å²) in [6.07, 6.45) is 0. The Kier molecular flexibility index (Phi) is 4.45. The molecule has 2 N–H and O–H groups in total. The summed E-state index contributed by atoms with van der Waals surface area (Å²) in [4.78, 5) is 11.6. The van der Waals surface area contributed by atoms with E-state index in [0.717, 1.165) is 26.9 Å². The van der Waals surface area contributed by atoms with Crippen LogP contribution in [0.15, 0.2) is 46.9 Å². The number of benzene rings is 2. The van der Waals surface area contributed by atoms with E-state index in [2.05, 4.69) is 21.2 Å². The lowest BCUT2D eigenvalue weighted by Gasteiger charge is -2.20. The first-order valence-electron chi connectivity index (χ1n) is 6.30. The van der Waals surface area contributed by atoms with Crippen molar-refractivity contribution < 1.29 is 9.90 Å². The largest absolute Gasteiger partial charge is 0.479 e. The number of rotatable bonds is 4. The molecule has 0 radical (unpaired) electrons. The van der Waals surface area contributed by atoms with Crippen molar-refractivity contribution in [3.05, 3.63) is 63.6 Å². The van der Waals surface area contributed by atoms with Gasteiger partial charge in [-0.3, -0.25) is 0 Å². The Morgan fingerprint density at radius 2 is 1.85 bits per heavy atom. The molecule has 2 aromatic carbocycles. The van der Waals surface area contributed by atoms with Gasteiger partial charge >= 0.3 is 5.97 Å². The SMILES string of the molecule is Cc1cccc(C(Nc2ccccc2Br)C(=O)O)c1C. The van der Waals surface area contributed by atoms with Gasteiger partial charge < -0.3 is 10.4 Å². The Labute approximate surface area is 126 Å². The van der Waals surface area contributed by atoms with Crippen molar-refractivity contribution in [2.24, 2.45) is 0 Å². The molecule has 0 bridgehead atoms. The lowest BCUT2D eigenvalue weighted by molar-refractivity contribution is -0.138. The topological polar surface area (TPSA) is 49.3 Å². The molecule has 0 aliphatic heterocycles. The molecule has 0 fully saturated rings. The van der Waals surface area contributed by atoms with Crippen LogP contribution in [0, 0.1) is 13.8 Å². The summed E-state index contributed by atoms with van der Waals surface area (Å²) in [6, 6.07) is 12.4. The molecule has 0 spiro atoms. The number of hydrogen-bond acceptors (Lipinski definition) is 2. The first-order valence-corrected chi connectivity index (χ1v) is 7.10. The minimum atomic E-state index is -0.894. The maximum Gasteiger partial charge on any atom is 0.330 e. The number of carboxylic acids is 1. The standard InChI is InChI=1S/C16H16BrNO2/c1-10-6-5-7-12(11(10)2)15(16(19)20)18-14-9-4-3-8-13(14)17/h3-9,15,18H,1-2H3,(H,19,20). The number of para-hydroxylation sites is 1. The van der Waals surface area contributed by atoms with Gasteiger partial charge in [-0.2, -0.15) is 0 Å². The monoisotopic (exact) mass is 333 g/mol. The molecule has 0 amide bonds. The van der Waals surface area contributed by atoms with Crippen molar-refractivity contribution >= 4 is 27.6 Å². The highest BCUT2D eigenvalue weighted by Gasteiger charge is 2.22. The molecule has 0 saturated heterocycles. The molecule has 3 nitrogen and oxygen atoms in total. The lowest BCUT2D eigenvalue weighted by atomic mass is 9.97. The molecule has 0 heterocycles. The highest BCUT2D eigenvalue weighted by Crippen LogP contribution is 2.28. The summed E-state index contributed by atoms with van der Waals surface area (Å²) in [5.41, 5.74) is 3.64. The van der Waals surface area contributed by atoms with Crippen molar-refractivity contribution in [2.45, 2.75) is 19.9 Å². The van der Waals surface area contributed by atoms with E-state index in [1.165, 1.54) is 0 Å². The van der Waals surface area contributed by atoms with Gasteiger partial charge in [0.05, 0.1) is 0 Å². The molecule has 2 rings (SSSR count). The molecular formula is C16H16BrNO2. The first-order chi connectivity index (χ1) is 9.50. The fraction of sp³-hybridized carbons (Fsp3) is 0.188. The Morgan fingerprint density at radius 3 is 2.50 bits per heavy atom. The molecule has 0 saturated carbocycles. The van der Waals surface area contributed by atoms with Gasteiger partial charge in [0, 0.05) is 10.2 Å². The molecular weight excluding hydrogens is 318 g/mol. The zero-order valence-corrected chi connectivity index (χ0v) is 12.9. The summed E-state index contributed by atoms with van der Waals surface area (Å²) >= 11 is 3.42. The van der Waals surface area contributed by atoms with Crippen LogP contribution in [0.25, 0.3) is 0 Å². The second-order valence-electron chi connectivity index (χ2n) is 4.68. The van der Waals surface area contributed by atoms with E-state index in [-0.39, 0.29) is 0 Å². The molecule has 20 heavy (non-hydrogen) atoms. The second kappa shape index (κ2) is 6.09. The van der Waals surface area contributed by atoms with Crippen LogP contribution in [0.5, 0.6) is 0 Å². The van der Waals surface area contributed by atoms with E-state index in [1.807, 2.05) is 56.3 Å². The number of carbonyl (C=O) groups is 1. The first kappa shape index (κ1) is 14.6. The van der Waals surface area contributed by atoms with E-state index < -0.39 is 12.0 Å². The van der Waals surface area contributed by atoms with Crippen LogP contribution in [0.4, 0.5) is 5.69 Å². The summed E-state index contributed by atoms with van der Waals surface area (Å²) < 4.78 is 0.844. The molecule has 0 aliphatic carbocycles. The molecule has 2 aromatic rings. The second-order valence-corrected chi connectivity index (χ2v) is 5.54. The zero-order valence-electron chi connectivity index (χ0n) is 11.4. The predicted octanol–water partition coefficient (Wildman–Crippen LogP) is 4.30. The third-order valence-corrected chi connectivity index (χ3v) is 4.07. The smallest absolute Gasteiger partial charge is 0.330 e. The highest BCUT2D eigenvalue weighted by atomic mass is 79.9. The number of nitrogens with one attached hydrogen (secondary N) is 1. The van der Waals surface area contributed by atoms with Gasteiger partial charge in [-0.05, 0) is 58.6 Å². The van der Waals surface area contributed by atoms with Crippen LogP contribution in [0.1, 0.15) is 22.7 Å². The van der Waals surface area contributed by atoms with E-state index in [1.54, 1.807) is 0 Å². The van der Waals surface area contributed by atoms with E-state index in [4.69, 9.17) is 0 Å². The fourth-order valence-corrected chi connectivity index (χ4v) is 2.49. The van der Waals surface area contributed by atoms with Crippen molar-refractivity contribution in [2.75, 3.05) is 5.32 Å². The van der Waals surface area contributed by atoms with Crippen LogP contribution in [-0.4, -0.2) is 11.1 Å².